The second-order valence-electron chi connectivity index (χ2n) is 11.7. The highest BCUT2D eigenvalue weighted by atomic mass is 32.1. The first kappa shape index (κ1) is 24.0. The largest absolute Gasteiger partial charge is 0.148 e. The summed E-state index contributed by atoms with van der Waals surface area (Å²) in [6.07, 6.45) is 0. The molecule has 0 saturated carbocycles. The molecule has 0 N–H and O–H groups in total. The van der Waals surface area contributed by atoms with Crippen LogP contribution in [0.25, 0.3) is 0 Å². The molecule has 0 amide bonds. The normalized spacial score (nSPS) is 13.2. The van der Waals surface area contributed by atoms with Crippen molar-refractivity contribution >= 4 is 11.3 Å². The third-order valence-electron chi connectivity index (χ3n) is 4.70. The van der Waals surface area contributed by atoms with E-state index in [-0.39, 0.29) is 21.7 Å². The Morgan fingerprint density at radius 3 is 1.11 bits per heavy atom. The predicted molar refractivity (Wildman–Crippen MR) is 126 cm³/mol. The summed E-state index contributed by atoms with van der Waals surface area (Å²) in [4.78, 5) is 1.53. The Balaban J connectivity index is 0.000000271. The van der Waals surface area contributed by atoms with Crippen LogP contribution in [0.1, 0.15) is 105 Å². The molecule has 0 spiro atoms. The molecule has 1 heteroatoms. The van der Waals surface area contributed by atoms with E-state index in [2.05, 4.69) is 119 Å². The van der Waals surface area contributed by atoms with E-state index in [1.54, 1.807) is 0 Å². The van der Waals surface area contributed by atoms with E-state index in [9.17, 15) is 0 Å². The maximum Gasteiger partial charge on any atom is 0.0136 e. The molecular formula is C26H42S. The van der Waals surface area contributed by atoms with Crippen molar-refractivity contribution in [1.82, 2.24) is 0 Å². The highest BCUT2D eigenvalue weighted by Gasteiger charge is 2.26. The average molecular weight is 387 g/mol. The van der Waals surface area contributed by atoms with Crippen LogP contribution in [-0.4, -0.2) is 0 Å². The van der Waals surface area contributed by atoms with Crippen molar-refractivity contribution in [1.29, 1.82) is 0 Å². The van der Waals surface area contributed by atoms with E-state index in [1.807, 2.05) is 11.3 Å². The van der Waals surface area contributed by atoms with E-state index in [0.717, 1.165) is 0 Å². The third kappa shape index (κ3) is 6.79. The lowest BCUT2D eigenvalue weighted by atomic mass is 9.75. The maximum atomic E-state index is 2.29. The van der Waals surface area contributed by atoms with Gasteiger partial charge in [0.25, 0.3) is 0 Å². The molecule has 2 aromatic rings. The van der Waals surface area contributed by atoms with Gasteiger partial charge in [-0.15, -0.1) is 11.3 Å². The molecule has 0 saturated heterocycles. The fourth-order valence-corrected chi connectivity index (χ4v) is 4.47. The summed E-state index contributed by atoms with van der Waals surface area (Å²) >= 11 is 1.88. The second-order valence-corrected chi connectivity index (χ2v) is 12.6. The van der Waals surface area contributed by atoms with Crippen LogP contribution >= 0.6 is 11.3 Å². The summed E-state index contributed by atoms with van der Waals surface area (Å²) in [6, 6.07) is 11.0. The molecule has 27 heavy (non-hydrogen) atoms. The van der Waals surface area contributed by atoms with Crippen LogP contribution < -0.4 is 0 Å². The lowest BCUT2D eigenvalue weighted by Crippen LogP contribution is -2.21. The highest BCUT2D eigenvalue weighted by molar-refractivity contribution is 7.10. The van der Waals surface area contributed by atoms with Gasteiger partial charge in [-0.1, -0.05) is 107 Å². The van der Waals surface area contributed by atoms with Gasteiger partial charge in [-0.05, 0) is 49.8 Å². The molecule has 1 heterocycles. The Morgan fingerprint density at radius 1 is 0.481 bits per heavy atom. The van der Waals surface area contributed by atoms with Gasteiger partial charge in [-0.3, -0.25) is 0 Å². The van der Waals surface area contributed by atoms with Gasteiger partial charge in [0.15, 0.2) is 0 Å². The monoisotopic (exact) mass is 386 g/mol. The SMILES string of the molecule is CC(C)(C)c1ccccc1C(C)(C)C.CC(C)(C)c1ccsc1C(C)(C)C. The zero-order valence-electron chi connectivity index (χ0n) is 19.9. The minimum atomic E-state index is 0.240. The summed E-state index contributed by atoms with van der Waals surface area (Å²) in [5, 5.41) is 2.21. The van der Waals surface area contributed by atoms with Crippen LogP contribution in [0.15, 0.2) is 35.7 Å². The maximum absolute atomic E-state index is 2.29. The Kier molecular flexibility index (Phi) is 7.20. The number of thiophene rings is 1. The van der Waals surface area contributed by atoms with Gasteiger partial charge < -0.3 is 0 Å². The van der Waals surface area contributed by atoms with Crippen molar-refractivity contribution in [2.24, 2.45) is 0 Å². The van der Waals surface area contributed by atoms with Crippen LogP contribution in [0.2, 0.25) is 0 Å². The lowest BCUT2D eigenvalue weighted by molar-refractivity contribution is 0.530. The number of benzene rings is 1. The van der Waals surface area contributed by atoms with Crippen LogP contribution in [-0.2, 0) is 21.7 Å². The molecule has 0 radical (unpaired) electrons. The standard InChI is InChI=1S/C14H22.C12H20S/c1-13(2,3)11-9-7-8-10-12(11)14(4,5)6;1-11(2,3)9-7-8-13-10(9)12(4,5)6/h7-10H,1-6H3;7-8H,1-6H3. The first-order chi connectivity index (χ1) is 12.0. The molecule has 0 unspecified atom stereocenters. The Bertz CT molecular complexity index is 658. The van der Waals surface area contributed by atoms with Crippen molar-refractivity contribution in [3.63, 3.8) is 0 Å². The van der Waals surface area contributed by atoms with E-state index < -0.39 is 0 Å². The summed E-state index contributed by atoms with van der Waals surface area (Å²) in [5.74, 6) is 0. The summed E-state index contributed by atoms with van der Waals surface area (Å²) in [7, 11) is 0. The van der Waals surface area contributed by atoms with Crippen LogP contribution in [0.3, 0.4) is 0 Å². The molecule has 0 atom stereocenters. The fourth-order valence-electron chi connectivity index (χ4n) is 3.27. The molecular weight excluding hydrogens is 344 g/mol. The number of hydrogen-bond acceptors (Lipinski definition) is 1. The van der Waals surface area contributed by atoms with Crippen LogP contribution in [0.5, 0.6) is 0 Å². The number of rotatable bonds is 0. The molecule has 0 aliphatic heterocycles. The van der Waals surface area contributed by atoms with Crippen LogP contribution in [0.4, 0.5) is 0 Å². The zero-order chi connectivity index (χ0) is 21.3. The minimum Gasteiger partial charge on any atom is -0.148 e. The molecule has 0 aliphatic rings. The topological polar surface area (TPSA) is 0 Å². The zero-order valence-corrected chi connectivity index (χ0v) is 20.7. The van der Waals surface area contributed by atoms with Gasteiger partial charge in [0, 0.05) is 4.88 Å². The van der Waals surface area contributed by atoms with Gasteiger partial charge in [-0.2, -0.15) is 0 Å². The van der Waals surface area contributed by atoms with Gasteiger partial charge in [0.1, 0.15) is 0 Å². The highest BCUT2D eigenvalue weighted by Crippen LogP contribution is 2.37. The van der Waals surface area contributed by atoms with Crippen LogP contribution in [0, 0.1) is 0 Å². The van der Waals surface area contributed by atoms with E-state index >= 15 is 0 Å². The van der Waals surface area contributed by atoms with Crippen molar-refractivity contribution in [2.45, 2.75) is 105 Å². The van der Waals surface area contributed by atoms with Gasteiger partial charge in [0.2, 0.25) is 0 Å². The Hall–Kier alpha value is -1.08. The second kappa shape index (κ2) is 8.11. The van der Waals surface area contributed by atoms with Crippen molar-refractivity contribution in [3.05, 3.63) is 57.3 Å². The Labute approximate surface area is 173 Å². The first-order valence-corrected chi connectivity index (χ1v) is 11.0. The van der Waals surface area contributed by atoms with Crippen molar-refractivity contribution in [2.75, 3.05) is 0 Å². The Morgan fingerprint density at radius 2 is 0.852 bits per heavy atom. The molecule has 0 aliphatic carbocycles. The third-order valence-corrected chi connectivity index (χ3v) is 6.04. The van der Waals surface area contributed by atoms with E-state index in [4.69, 9.17) is 0 Å². The summed E-state index contributed by atoms with van der Waals surface area (Å²) in [6.45, 7) is 27.4. The molecule has 2 rings (SSSR count). The quantitative estimate of drug-likeness (QED) is 0.425. The smallest absolute Gasteiger partial charge is 0.0136 e. The van der Waals surface area contributed by atoms with Gasteiger partial charge in [0.05, 0.1) is 0 Å². The van der Waals surface area contributed by atoms with Crippen molar-refractivity contribution in [3.8, 4) is 0 Å². The first-order valence-electron chi connectivity index (χ1n) is 10.1. The minimum absolute atomic E-state index is 0.240. The number of hydrogen-bond donors (Lipinski definition) is 0. The molecule has 0 bridgehead atoms. The average Bonchev–Trinajstić information content (AvgIpc) is 2.96. The lowest BCUT2D eigenvalue weighted by Gasteiger charge is -2.29. The van der Waals surface area contributed by atoms with E-state index in [1.165, 1.54) is 21.6 Å². The molecule has 1 aromatic carbocycles. The summed E-state index contributed by atoms with van der Waals surface area (Å²) < 4.78 is 0. The van der Waals surface area contributed by atoms with E-state index in [0.29, 0.717) is 0 Å². The fraction of sp³-hybridized carbons (Fsp3) is 0.615. The van der Waals surface area contributed by atoms with Gasteiger partial charge >= 0.3 is 0 Å². The molecule has 0 nitrogen and oxygen atoms in total. The van der Waals surface area contributed by atoms with Crippen molar-refractivity contribution < 1.29 is 0 Å². The predicted octanol–water partition coefficient (Wildman–Crippen LogP) is 8.62. The van der Waals surface area contributed by atoms with Gasteiger partial charge in [-0.25, -0.2) is 0 Å². The molecule has 0 fully saturated rings. The summed E-state index contributed by atoms with van der Waals surface area (Å²) in [5.41, 5.74) is 5.48. The molecule has 1 aromatic heterocycles. The molecule has 152 valence electrons.